The zero-order chi connectivity index (χ0) is 28.7. The van der Waals surface area contributed by atoms with Gasteiger partial charge in [0.25, 0.3) is 0 Å². The van der Waals surface area contributed by atoms with Crippen LogP contribution in [0.4, 0.5) is 0 Å². The van der Waals surface area contributed by atoms with Gasteiger partial charge in [-0.15, -0.1) is 0 Å². The maximum absolute atomic E-state index is 14.4. The molecule has 0 aromatic heterocycles. The largest absolute Gasteiger partial charge is 0.335 e. The van der Waals surface area contributed by atoms with Crippen molar-refractivity contribution in [2.45, 2.75) is 50.7 Å². The van der Waals surface area contributed by atoms with Crippen molar-refractivity contribution in [1.29, 1.82) is 0 Å². The van der Waals surface area contributed by atoms with E-state index in [9.17, 15) is 9.59 Å². The van der Waals surface area contributed by atoms with E-state index < -0.39 is 11.6 Å². The van der Waals surface area contributed by atoms with Gasteiger partial charge in [0.05, 0.1) is 0 Å². The lowest BCUT2D eigenvalue weighted by Crippen LogP contribution is -2.59. The van der Waals surface area contributed by atoms with Crippen molar-refractivity contribution in [2.75, 3.05) is 32.9 Å². The van der Waals surface area contributed by atoms with Crippen molar-refractivity contribution in [3.8, 4) is 0 Å². The molecule has 0 aliphatic carbocycles. The van der Waals surface area contributed by atoms with Crippen LogP contribution in [0.25, 0.3) is 10.8 Å². The number of hydrogen-bond acceptors (Lipinski definition) is 5. The van der Waals surface area contributed by atoms with Crippen molar-refractivity contribution < 1.29 is 9.59 Å². The number of benzene rings is 3. The van der Waals surface area contributed by atoms with E-state index in [-0.39, 0.29) is 17.9 Å². The molecule has 4 rings (SSSR count). The predicted octanol–water partition coefficient (Wildman–Crippen LogP) is 4.93. The number of nitrogens with zero attached hydrogens (tertiary/aromatic N) is 3. The molecule has 0 unspecified atom stereocenters. The summed E-state index contributed by atoms with van der Waals surface area (Å²) in [5.74, 6) is -0.191. The fraction of sp³-hybridized carbons (Fsp3) is 0.394. The number of hydrogen-bond donors (Lipinski definition) is 1. The Balaban J connectivity index is 1.63. The third-order valence-corrected chi connectivity index (χ3v) is 8.40. The summed E-state index contributed by atoms with van der Waals surface area (Å²) in [7, 11) is 1.74. The molecule has 0 saturated carbocycles. The Kier molecular flexibility index (Phi) is 10.1. The molecule has 6 nitrogen and oxygen atoms in total. The summed E-state index contributed by atoms with van der Waals surface area (Å²) in [6.45, 7) is 6.07. The Labute approximate surface area is 243 Å². The van der Waals surface area contributed by atoms with E-state index in [1.165, 1.54) is 5.56 Å². The lowest BCUT2D eigenvalue weighted by Gasteiger charge is -2.43. The third kappa shape index (κ3) is 7.96. The molecule has 2 atom stereocenters. The number of carbonyl (C=O) groups is 2. The summed E-state index contributed by atoms with van der Waals surface area (Å²) in [5.41, 5.74) is 7.94. The zero-order valence-corrected chi connectivity index (χ0v) is 24.9. The lowest BCUT2D eigenvalue weighted by atomic mass is 9.97. The Morgan fingerprint density at radius 2 is 1.73 bits per heavy atom. The molecule has 212 valence electrons. The second-order valence-electron chi connectivity index (χ2n) is 11.4. The topological polar surface area (TPSA) is 69.9 Å². The molecule has 7 heteroatoms. The summed E-state index contributed by atoms with van der Waals surface area (Å²) >= 11 is 1.72. The minimum Gasteiger partial charge on any atom is -0.335 e. The van der Waals surface area contributed by atoms with Crippen LogP contribution in [0.15, 0.2) is 84.9 Å². The van der Waals surface area contributed by atoms with E-state index in [2.05, 4.69) is 53.0 Å². The minimum absolute atomic E-state index is 0.00162. The number of piperazine rings is 1. The number of carbonyl (C=O) groups excluding carboxylic acids is 2. The number of rotatable bonds is 10. The molecule has 0 radical (unpaired) electrons. The highest BCUT2D eigenvalue weighted by molar-refractivity contribution is 7.96. The van der Waals surface area contributed by atoms with Gasteiger partial charge in [-0.1, -0.05) is 90.8 Å². The Hall–Kier alpha value is -3.13. The molecule has 3 aromatic carbocycles. The fourth-order valence-electron chi connectivity index (χ4n) is 5.25. The average Bonchev–Trinajstić information content (AvgIpc) is 2.95. The SMILES string of the molecule is CSN1CCN(C(=O)[C@@H](Cc2ccc3ccccc3c2)N(C)C(=O)/C=C/CC(C)(C)N)[C@H](Cc2ccccc2)C1. The van der Waals surface area contributed by atoms with E-state index in [1.54, 1.807) is 30.0 Å². The molecule has 1 heterocycles. The molecular weight excluding hydrogens is 516 g/mol. The van der Waals surface area contributed by atoms with E-state index in [1.807, 2.05) is 55.2 Å². The summed E-state index contributed by atoms with van der Waals surface area (Å²) in [5, 5.41) is 2.28. The monoisotopic (exact) mass is 558 g/mol. The molecule has 0 bridgehead atoms. The quantitative estimate of drug-likeness (QED) is 0.282. The summed E-state index contributed by atoms with van der Waals surface area (Å²) < 4.78 is 2.32. The van der Waals surface area contributed by atoms with Crippen LogP contribution in [0.5, 0.6) is 0 Å². The van der Waals surface area contributed by atoms with Crippen molar-refractivity contribution in [3.63, 3.8) is 0 Å². The van der Waals surface area contributed by atoms with Gasteiger partial charge in [-0.3, -0.25) is 9.59 Å². The minimum atomic E-state index is -0.622. The van der Waals surface area contributed by atoms with Crippen LogP contribution < -0.4 is 5.73 Å². The van der Waals surface area contributed by atoms with Crippen molar-refractivity contribution >= 4 is 34.5 Å². The molecule has 1 saturated heterocycles. The smallest absolute Gasteiger partial charge is 0.246 e. The highest BCUT2D eigenvalue weighted by Crippen LogP contribution is 2.24. The summed E-state index contributed by atoms with van der Waals surface area (Å²) in [6, 6.07) is 24.2. The van der Waals surface area contributed by atoms with Gasteiger partial charge >= 0.3 is 0 Å². The number of fused-ring (bicyclic) bond motifs is 1. The van der Waals surface area contributed by atoms with Gasteiger partial charge in [-0.2, -0.15) is 0 Å². The van der Waals surface area contributed by atoms with Gasteiger partial charge in [0.1, 0.15) is 6.04 Å². The van der Waals surface area contributed by atoms with Gasteiger partial charge in [0.2, 0.25) is 11.8 Å². The second kappa shape index (κ2) is 13.5. The maximum Gasteiger partial charge on any atom is 0.246 e. The van der Waals surface area contributed by atoms with Crippen LogP contribution in [-0.2, 0) is 22.4 Å². The van der Waals surface area contributed by atoms with Crippen LogP contribution in [0, 0.1) is 0 Å². The number of nitrogens with two attached hydrogens (primary N) is 1. The summed E-state index contributed by atoms with van der Waals surface area (Å²) in [6.07, 6.45) is 7.25. The molecule has 40 heavy (non-hydrogen) atoms. The Morgan fingerprint density at radius 1 is 1.02 bits per heavy atom. The van der Waals surface area contributed by atoms with Crippen molar-refractivity contribution in [2.24, 2.45) is 5.73 Å². The molecular formula is C33H42N4O2S. The van der Waals surface area contributed by atoms with Crippen LogP contribution in [0.3, 0.4) is 0 Å². The average molecular weight is 559 g/mol. The van der Waals surface area contributed by atoms with Gasteiger partial charge in [0.15, 0.2) is 0 Å². The van der Waals surface area contributed by atoms with E-state index >= 15 is 0 Å². The van der Waals surface area contributed by atoms with Crippen LogP contribution in [-0.4, -0.2) is 76.5 Å². The van der Waals surface area contributed by atoms with Gasteiger partial charge in [-0.25, -0.2) is 4.31 Å². The molecule has 2 N–H and O–H groups in total. The molecule has 0 spiro atoms. The fourth-order valence-corrected chi connectivity index (χ4v) is 5.83. The molecule has 1 aliphatic heterocycles. The third-order valence-electron chi connectivity index (χ3n) is 7.55. The first-order chi connectivity index (χ1) is 19.1. The van der Waals surface area contributed by atoms with Crippen molar-refractivity contribution in [3.05, 3.63) is 96.1 Å². The predicted molar refractivity (Wildman–Crippen MR) is 167 cm³/mol. The first-order valence-corrected chi connectivity index (χ1v) is 15.2. The molecule has 2 amide bonds. The van der Waals surface area contributed by atoms with E-state index in [4.69, 9.17) is 5.73 Å². The highest BCUT2D eigenvalue weighted by atomic mass is 32.2. The number of amides is 2. The molecule has 1 aliphatic rings. The zero-order valence-electron chi connectivity index (χ0n) is 24.1. The van der Waals surface area contributed by atoms with Crippen molar-refractivity contribution in [1.82, 2.24) is 14.1 Å². The number of likely N-dealkylation sites (N-methyl/N-ethyl adjacent to an activating group) is 1. The summed E-state index contributed by atoms with van der Waals surface area (Å²) in [4.78, 5) is 31.4. The van der Waals surface area contributed by atoms with Gasteiger partial charge in [0, 0.05) is 44.7 Å². The standard InChI is InChI=1S/C33H42N4O2S/c1-33(2,34)18-10-15-31(38)35(3)30(23-26-16-17-27-13-8-9-14-28(27)21-26)32(39)37-20-19-36(40-4)24-29(37)22-25-11-6-5-7-12-25/h5-17,21,29-30H,18-20,22-24,34H2,1-4H3/b15-10+/t29-,30-/m1/s1. The van der Waals surface area contributed by atoms with Gasteiger partial charge < -0.3 is 15.5 Å². The van der Waals surface area contributed by atoms with Gasteiger partial charge in [-0.05, 0) is 60.9 Å². The normalized spacial score (nSPS) is 17.3. The highest BCUT2D eigenvalue weighted by Gasteiger charge is 2.36. The van der Waals surface area contributed by atoms with Crippen LogP contribution >= 0.6 is 11.9 Å². The van der Waals surface area contributed by atoms with Crippen LogP contribution in [0.2, 0.25) is 0 Å². The Morgan fingerprint density at radius 3 is 2.42 bits per heavy atom. The maximum atomic E-state index is 14.4. The molecule has 1 fully saturated rings. The van der Waals surface area contributed by atoms with Crippen LogP contribution in [0.1, 0.15) is 31.4 Å². The lowest BCUT2D eigenvalue weighted by molar-refractivity contribution is -0.145. The molecule has 3 aromatic rings. The van der Waals surface area contributed by atoms with E-state index in [0.717, 1.165) is 35.8 Å². The first kappa shape index (κ1) is 29.8. The Bertz CT molecular complexity index is 1320. The first-order valence-electron chi connectivity index (χ1n) is 14.0. The second-order valence-corrected chi connectivity index (χ2v) is 12.3. The van der Waals surface area contributed by atoms with E-state index in [0.29, 0.717) is 19.4 Å².